The molecule has 4 heterocycles. The molecule has 2 aliphatic heterocycles. The first-order chi connectivity index (χ1) is 22.2. The highest BCUT2D eigenvalue weighted by Gasteiger charge is 2.39. The van der Waals surface area contributed by atoms with Crippen molar-refractivity contribution >= 4 is 28.6 Å². The van der Waals surface area contributed by atoms with Crippen molar-refractivity contribution in [1.29, 1.82) is 0 Å². The topological polar surface area (TPSA) is 121 Å². The lowest BCUT2D eigenvalue weighted by Gasteiger charge is -2.33. The number of carbonyl (C=O) groups excluding carboxylic acids is 1. The summed E-state index contributed by atoms with van der Waals surface area (Å²) in [4.78, 5) is 32.7. The van der Waals surface area contributed by atoms with Crippen LogP contribution in [-0.2, 0) is 11.3 Å². The number of aliphatic hydroxyl groups is 1. The number of piperidine rings is 1. The number of fused-ring (bicyclic) bond motifs is 2. The molecule has 46 heavy (non-hydrogen) atoms. The standard InChI is InChI=1S/C32H32ClF2N5O6/c33-20-3-1-18(2-4-20)15-39-29(42)26-13-28(45-24-9-10-38-21(11-24)17-44-32(38)43)25(19-14-36-40(16-19)30(34)35)12-27(26)37-31(39)46-23-7-5-22(41)6-8-23/h1-4,12-14,16,21-24,30,41H,5-11,15,17H2/t21-,22?,23?,24-/m0/s1. The molecule has 4 aromatic rings. The molecule has 14 heteroatoms. The van der Waals surface area contributed by atoms with E-state index < -0.39 is 6.55 Å². The Morgan fingerprint density at radius 2 is 1.83 bits per heavy atom. The Bertz CT molecular complexity index is 1810. The lowest BCUT2D eigenvalue weighted by Crippen LogP contribution is -2.44. The van der Waals surface area contributed by atoms with Crippen LogP contribution in [0.5, 0.6) is 11.8 Å². The Labute approximate surface area is 267 Å². The molecular formula is C32H32ClF2N5O6. The fraction of sp³-hybridized carbons (Fsp3) is 0.438. The Hall–Kier alpha value is -4.23. The van der Waals surface area contributed by atoms with Crippen molar-refractivity contribution in [3.8, 4) is 22.9 Å². The number of halogens is 3. The van der Waals surface area contributed by atoms with Crippen LogP contribution in [0.25, 0.3) is 22.0 Å². The second kappa shape index (κ2) is 12.5. The molecule has 1 amide bonds. The molecule has 1 aliphatic carbocycles. The van der Waals surface area contributed by atoms with E-state index in [9.17, 15) is 23.5 Å². The van der Waals surface area contributed by atoms with E-state index in [1.165, 1.54) is 17.0 Å². The molecule has 1 N–H and O–H groups in total. The van der Waals surface area contributed by atoms with Crippen molar-refractivity contribution in [2.24, 2.45) is 0 Å². The zero-order valence-electron chi connectivity index (χ0n) is 24.7. The number of hydrogen-bond acceptors (Lipinski definition) is 8. The van der Waals surface area contributed by atoms with Crippen LogP contribution in [0.15, 0.2) is 53.6 Å². The van der Waals surface area contributed by atoms with E-state index in [1.54, 1.807) is 29.2 Å². The van der Waals surface area contributed by atoms with E-state index in [0.29, 0.717) is 77.2 Å². The predicted octanol–water partition coefficient (Wildman–Crippen LogP) is 5.40. The quantitative estimate of drug-likeness (QED) is 0.268. The third-order valence-electron chi connectivity index (χ3n) is 8.90. The van der Waals surface area contributed by atoms with Gasteiger partial charge in [-0.3, -0.25) is 9.36 Å². The van der Waals surface area contributed by atoms with E-state index >= 15 is 0 Å². The third kappa shape index (κ3) is 6.13. The van der Waals surface area contributed by atoms with Crippen LogP contribution in [-0.4, -0.2) is 72.9 Å². The lowest BCUT2D eigenvalue weighted by atomic mass is 9.95. The molecular weight excluding hydrogens is 624 g/mol. The van der Waals surface area contributed by atoms with Gasteiger partial charge in [-0.05, 0) is 55.5 Å². The summed E-state index contributed by atoms with van der Waals surface area (Å²) in [5.41, 5.74) is 1.55. The number of carbonyl (C=O) groups is 1. The number of nitrogens with zero attached hydrogens (tertiary/aromatic N) is 5. The van der Waals surface area contributed by atoms with E-state index in [2.05, 4.69) is 5.10 Å². The number of alkyl halides is 2. The summed E-state index contributed by atoms with van der Waals surface area (Å²) in [5, 5.41) is 14.6. The van der Waals surface area contributed by atoms with Gasteiger partial charge in [0.1, 0.15) is 24.6 Å². The van der Waals surface area contributed by atoms with Crippen LogP contribution in [0.4, 0.5) is 13.6 Å². The molecule has 3 aliphatic rings. The van der Waals surface area contributed by atoms with Crippen molar-refractivity contribution in [3.63, 3.8) is 0 Å². The molecule has 0 bridgehead atoms. The molecule has 3 fully saturated rings. The van der Waals surface area contributed by atoms with Gasteiger partial charge in [-0.1, -0.05) is 23.7 Å². The molecule has 0 radical (unpaired) electrons. The van der Waals surface area contributed by atoms with Crippen LogP contribution < -0.4 is 15.0 Å². The summed E-state index contributed by atoms with van der Waals surface area (Å²) in [6, 6.07) is 10.4. The van der Waals surface area contributed by atoms with Gasteiger partial charge < -0.3 is 24.2 Å². The lowest BCUT2D eigenvalue weighted by molar-refractivity contribution is 0.0566. The maximum atomic E-state index is 14.2. The normalized spacial score (nSPS) is 23.1. The van der Waals surface area contributed by atoms with Crippen LogP contribution in [0.2, 0.25) is 5.02 Å². The molecule has 2 saturated heterocycles. The van der Waals surface area contributed by atoms with Gasteiger partial charge in [0.25, 0.3) is 11.6 Å². The summed E-state index contributed by atoms with van der Waals surface area (Å²) in [7, 11) is 0. The monoisotopic (exact) mass is 655 g/mol. The van der Waals surface area contributed by atoms with E-state index in [1.807, 2.05) is 12.1 Å². The number of hydrogen-bond donors (Lipinski definition) is 1. The van der Waals surface area contributed by atoms with Gasteiger partial charge in [-0.15, -0.1) is 0 Å². The van der Waals surface area contributed by atoms with E-state index in [4.69, 9.17) is 30.8 Å². The Kier molecular flexibility index (Phi) is 8.28. The second-order valence-corrected chi connectivity index (χ2v) is 12.4. The SMILES string of the molecule is O=C1OC[C@@H]2C[C@@H](Oc3cc4c(=O)n(Cc5ccc(Cl)cc5)c(OC5CCC(O)CC5)nc4cc3-c3cnn(C(F)F)c3)CCN12. The van der Waals surface area contributed by atoms with Gasteiger partial charge in [-0.2, -0.15) is 18.9 Å². The molecule has 0 unspecified atom stereocenters. The Morgan fingerprint density at radius 3 is 2.57 bits per heavy atom. The van der Waals surface area contributed by atoms with Crippen LogP contribution in [0.1, 0.15) is 50.6 Å². The average Bonchev–Trinajstić information content (AvgIpc) is 3.68. The minimum Gasteiger partial charge on any atom is -0.490 e. The summed E-state index contributed by atoms with van der Waals surface area (Å²) >= 11 is 6.10. The largest absolute Gasteiger partial charge is 0.490 e. The average molecular weight is 656 g/mol. The van der Waals surface area contributed by atoms with Crippen molar-refractivity contribution in [3.05, 3.63) is 69.7 Å². The van der Waals surface area contributed by atoms with Gasteiger partial charge >= 0.3 is 12.6 Å². The number of ether oxygens (including phenoxy) is 3. The molecule has 2 aromatic heterocycles. The van der Waals surface area contributed by atoms with Crippen LogP contribution in [0.3, 0.4) is 0 Å². The maximum Gasteiger partial charge on any atom is 0.410 e. The number of cyclic esters (lactones) is 1. The maximum absolute atomic E-state index is 14.2. The molecule has 11 nitrogen and oxygen atoms in total. The van der Waals surface area contributed by atoms with Gasteiger partial charge in [0, 0.05) is 41.7 Å². The van der Waals surface area contributed by atoms with Crippen molar-refractivity contribution in [1.82, 2.24) is 24.2 Å². The fourth-order valence-electron chi connectivity index (χ4n) is 6.40. The van der Waals surface area contributed by atoms with Crippen molar-refractivity contribution in [2.75, 3.05) is 13.2 Å². The van der Waals surface area contributed by atoms with Gasteiger partial charge in [-0.25, -0.2) is 9.48 Å². The van der Waals surface area contributed by atoms with Gasteiger partial charge in [0.15, 0.2) is 0 Å². The van der Waals surface area contributed by atoms with Crippen LogP contribution >= 0.6 is 11.6 Å². The Morgan fingerprint density at radius 1 is 1.04 bits per heavy atom. The summed E-state index contributed by atoms with van der Waals surface area (Å²) < 4.78 is 47.0. The number of aromatic nitrogens is 4. The first kappa shape index (κ1) is 30.4. The predicted molar refractivity (Wildman–Crippen MR) is 163 cm³/mol. The number of benzene rings is 2. The first-order valence-electron chi connectivity index (χ1n) is 15.3. The molecule has 2 atom stereocenters. The number of amides is 1. The summed E-state index contributed by atoms with van der Waals surface area (Å²) in [5.74, 6) is 0.317. The zero-order valence-corrected chi connectivity index (χ0v) is 25.5. The number of aliphatic hydroxyl groups excluding tert-OH is 1. The summed E-state index contributed by atoms with van der Waals surface area (Å²) in [6.07, 6.45) is 4.68. The Balaban J connectivity index is 1.31. The van der Waals surface area contributed by atoms with Gasteiger partial charge in [0.2, 0.25) is 0 Å². The minimum absolute atomic E-state index is 0.120. The first-order valence-corrected chi connectivity index (χ1v) is 15.7. The fourth-order valence-corrected chi connectivity index (χ4v) is 6.52. The molecule has 0 spiro atoms. The zero-order chi connectivity index (χ0) is 31.9. The van der Waals surface area contributed by atoms with Crippen molar-refractivity contribution < 1.29 is 32.9 Å². The second-order valence-electron chi connectivity index (χ2n) is 12.0. The molecule has 242 valence electrons. The van der Waals surface area contributed by atoms with E-state index in [-0.39, 0.29) is 60.6 Å². The minimum atomic E-state index is -2.84. The van der Waals surface area contributed by atoms with E-state index in [0.717, 1.165) is 5.56 Å². The van der Waals surface area contributed by atoms with Crippen molar-refractivity contribution in [2.45, 2.75) is 76.0 Å². The number of rotatable bonds is 8. The van der Waals surface area contributed by atoms with Gasteiger partial charge in [0.05, 0.1) is 35.8 Å². The highest BCUT2D eigenvalue weighted by atomic mass is 35.5. The smallest absolute Gasteiger partial charge is 0.410 e. The summed E-state index contributed by atoms with van der Waals surface area (Å²) in [6.45, 7) is -1.95. The highest BCUT2D eigenvalue weighted by molar-refractivity contribution is 6.30. The third-order valence-corrected chi connectivity index (χ3v) is 9.15. The highest BCUT2D eigenvalue weighted by Crippen LogP contribution is 2.37. The molecule has 2 aromatic carbocycles. The molecule has 7 rings (SSSR count). The van der Waals surface area contributed by atoms with Crippen LogP contribution in [0, 0.1) is 0 Å². The molecule has 1 saturated carbocycles.